The fraction of sp³-hybridized carbons (Fsp3) is 0.500. The molecule has 8 heteroatoms. The second kappa shape index (κ2) is 6.31. The van der Waals surface area contributed by atoms with Gasteiger partial charge >= 0.3 is 5.97 Å². The minimum atomic E-state index is -1.39. The molecule has 0 spiro atoms. The highest BCUT2D eigenvalue weighted by atomic mass is 16.6. The summed E-state index contributed by atoms with van der Waals surface area (Å²) in [4.78, 5) is 36.6. The van der Waals surface area contributed by atoms with Crippen molar-refractivity contribution in [2.75, 3.05) is 5.32 Å². The Bertz CT molecular complexity index is 1000. The predicted octanol–water partition coefficient (Wildman–Crippen LogP) is 2.84. The van der Waals surface area contributed by atoms with E-state index in [9.17, 15) is 24.6 Å². The number of carbonyl (C=O) groups excluding carboxylic acids is 2. The van der Waals surface area contributed by atoms with Gasteiger partial charge in [-0.05, 0) is 43.4 Å². The molecule has 1 saturated heterocycles. The summed E-state index contributed by atoms with van der Waals surface area (Å²) in [7, 11) is 0. The minimum absolute atomic E-state index is 0.0233. The molecule has 1 saturated carbocycles. The highest BCUT2D eigenvalue weighted by Gasteiger charge is 2.73. The first-order valence-electron chi connectivity index (χ1n) is 9.91. The Morgan fingerprint density at radius 3 is 2.60 bits per heavy atom. The van der Waals surface area contributed by atoms with Gasteiger partial charge in [0.05, 0.1) is 11.7 Å². The topological polar surface area (TPSA) is 136 Å². The van der Waals surface area contributed by atoms with Crippen molar-refractivity contribution in [1.82, 2.24) is 0 Å². The first-order chi connectivity index (χ1) is 13.9. The molecule has 1 heterocycles. The van der Waals surface area contributed by atoms with Gasteiger partial charge in [0.25, 0.3) is 0 Å². The van der Waals surface area contributed by atoms with E-state index in [1.807, 2.05) is 19.9 Å². The van der Waals surface area contributed by atoms with E-state index in [2.05, 4.69) is 12.2 Å². The molecule has 4 rings (SSSR count). The lowest BCUT2D eigenvalue weighted by atomic mass is 9.57. The monoisotopic (exact) mass is 415 g/mol. The van der Waals surface area contributed by atoms with Crippen molar-refractivity contribution in [2.24, 2.45) is 16.7 Å². The van der Waals surface area contributed by atoms with Crippen molar-refractivity contribution >= 4 is 23.3 Å². The van der Waals surface area contributed by atoms with E-state index in [1.165, 1.54) is 0 Å². The Balaban J connectivity index is 1.52. The number of rotatable bonds is 5. The molecule has 2 fully saturated rings. The first-order valence-corrected chi connectivity index (χ1v) is 9.91. The number of hydrogen-bond acceptors (Lipinski definition) is 6. The number of aromatic hydroxyl groups is 2. The molecule has 160 valence electrons. The maximum Gasteiger partial charge on any atom is 0.339 e. The third kappa shape index (κ3) is 2.89. The zero-order valence-electron chi connectivity index (χ0n) is 17.1. The van der Waals surface area contributed by atoms with Gasteiger partial charge in [-0.2, -0.15) is 0 Å². The summed E-state index contributed by atoms with van der Waals surface area (Å²) >= 11 is 0. The smallest absolute Gasteiger partial charge is 0.339 e. The van der Waals surface area contributed by atoms with Gasteiger partial charge in [0, 0.05) is 17.8 Å². The zero-order chi connectivity index (χ0) is 22.1. The fourth-order valence-electron chi connectivity index (χ4n) is 5.60. The number of ether oxygens (including phenoxy) is 1. The summed E-state index contributed by atoms with van der Waals surface area (Å²) in [6, 6.07) is 2.13. The second-order valence-electron chi connectivity index (χ2n) is 9.34. The molecule has 5 atom stereocenters. The molecule has 4 N–H and O–H groups in total. The molecular formula is C22H25NO7. The Labute approximate surface area is 173 Å². The van der Waals surface area contributed by atoms with Crippen LogP contribution in [0.1, 0.15) is 50.4 Å². The lowest BCUT2D eigenvalue weighted by molar-refractivity contribution is -0.132. The van der Waals surface area contributed by atoms with Crippen molar-refractivity contribution in [3.05, 3.63) is 29.8 Å². The largest absolute Gasteiger partial charge is 0.506 e. The van der Waals surface area contributed by atoms with Crippen molar-refractivity contribution in [3.8, 4) is 11.5 Å². The number of allylic oxidation sites excluding steroid dienone is 2. The Kier molecular flexibility index (Phi) is 4.29. The number of benzene rings is 1. The maximum atomic E-state index is 12.8. The van der Waals surface area contributed by atoms with Crippen LogP contribution < -0.4 is 5.32 Å². The first kappa shape index (κ1) is 20.4. The fourth-order valence-corrected chi connectivity index (χ4v) is 5.60. The number of nitrogens with one attached hydrogen (secondary N) is 1. The van der Waals surface area contributed by atoms with Crippen LogP contribution in [-0.2, 0) is 14.3 Å². The van der Waals surface area contributed by atoms with Crippen LogP contribution in [0, 0.1) is 16.7 Å². The zero-order valence-corrected chi connectivity index (χ0v) is 17.1. The maximum absolute atomic E-state index is 12.8. The third-order valence-corrected chi connectivity index (χ3v) is 7.07. The standard InChI is InChI=1S/C22H25NO7/c1-20-8-6-13(25)21(2,17(20)18-22(3,10-20)30-18)9-7-14(26)23-15-12(24)5-4-11(16(15)27)19(28)29/h4-6,8,17-18,24,27H,7,9-10H2,1-3H3,(H,23,26)(H,28,29)/t17-,18-,20-,21-,22+/m1/s1. The molecule has 0 radical (unpaired) electrons. The summed E-state index contributed by atoms with van der Waals surface area (Å²) in [5.74, 6) is -3.17. The summed E-state index contributed by atoms with van der Waals surface area (Å²) in [5, 5.41) is 31.5. The summed E-state index contributed by atoms with van der Waals surface area (Å²) in [5.41, 5.74) is -1.99. The van der Waals surface area contributed by atoms with E-state index in [-0.39, 0.29) is 47.4 Å². The molecule has 30 heavy (non-hydrogen) atoms. The van der Waals surface area contributed by atoms with Crippen LogP contribution in [0.25, 0.3) is 0 Å². The van der Waals surface area contributed by atoms with Crippen LogP contribution in [0.4, 0.5) is 5.69 Å². The van der Waals surface area contributed by atoms with E-state index in [0.717, 1.165) is 18.6 Å². The summed E-state index contributed by atoms with van der Waals surface area (Å²) in [6.45, 7) is 6.03. The number of carboxylic acid groups (broad SMARTS) is 1. The van der Waals surface area contributed by atoms with Gasteiger partial charge in [-0.25, -0.2) is 4.79 Å². The molecule has 1 aromatic rings. The average molecular weight is 415 g/mol. The number of phenols is 2. The number of fused-ring (bicyclic) bond motifs is 3. The lowest BCUT2D eigenvalue weighted by Crippen LogP contribution is -2.47. The molecule has 0 bridgehead atoms. The van der Waals surface area contributed by atoms with Gasteiger partial charge in [-0.15, -0.1) is 0 Å². The van der Waals surface area contributed by atoms with Gasteiger partial charge in [0.1, 0.15) is 17.0 Å². The normalized spacial score (nSPS) is 36.2. The van der Waals surface area contributed by atoms with Gasteiger partial charge < -0.3 is 25.4 Å². The molecule has 1 amide bonds. The molecular weight excluding hydrogens is 390 g/mol. The van der Waals surface area contributed by atoms with Gasteiger partial charge in [-0.3, -0.25) is 9.59 Å². The number of hydrogen-bond donors (Lipinski definition) is 4. The van der Waals surface area contributed by atoms with Crippen molar-refractivity contribution in [3.63, 3.8) is 0 Å². The van der Waals surface area contributed by atoms with E-state index in [4.69, 9.17) is 9.84 Å². The summed E-state index contributed by atoms with van der Waals surface area (Å²) < 4.78 is 5.88. The molecule has 1 aromatic carbocycles. The van der Waals surface area contributed by atoms with Crippen LogP contribution >= 0.6 is 0 Å². The number of carboxylic acids is 1. The molecule has 1 aliphatic heterocycles. The second-order valence-corrected chi connectivity index (χ2v) is 9.34. The number of anilines is 1. The number of carbonyl (C=O) groups is 3. The average Bonchev–Trinajstić information content (AvgIpc) is 3.22. The number of phenolic OH excluding ortho intramolecular Hbond substituents is 1. The quantitative estimate of drug-likeness (QED) is 0.429. The van der Waals surface area contributed by atoms with Crippen LogP contribution in [0.5, 0.6) is 11.5 Å². The van der Waals surface area contributed by atoms with Crippen LogP contribution in [0.3, 0.4) is 0 Å². The number of ketones is 1. The van der Waals surface area contributed by atoms with Crippen LogP contribution in [-0.4, -0.2) is 44.7 Å². The Morgan fingerprint density at radius 2 is 1.93 bits per heavy atom. The Morgan fingerprint density at radius 1 is 1.23 bits per heavy atom. The SMILES string of the molecule is C[C@]12C=CC(=O)[C@@](C)(CCC(=O)Nc3c(O)ccc(C(=O)O)c3O)[C@@H]1[C@H]1O[C@@]1(C)C2. The van der Waals surface area contributed by atoms with E-state index >= 15 is 0 Å². The third-order valence-electron chi connectivity index (χ3n) is 7.07. The van der Waals surface area contributed by atoms with Crippen LogP contribution in [0.15, 0.2) is 24.3 Å². The summed E-state index contributed by atoms with van der Waals surface area (Å²) in [6.07, 6.45) is 4.60. The highest BCUT2D eigenvalue weighted by molar-refractivity contribution is 6.00. The van der Waals surface area contributed by atoms with Gasteiger partial charge in [-0.1, -0.05) is 19.9 Å². The van der Waals surface area contributed by atoms with Crippen molar-refractivity contribution in [1.29, 1.82) is 0 Å². The van der Waals surface area contributed by atoms with Crippen LogP contribution in [0.2, 0.25) is 0 Å². The highest BCUT2D eigenvalue weighted by Crippen LogP contribution is 2.68. The van der Waals surface area contributed by atoms with E-state index in [0.29, 0.717) is 0 Å². The van der Waals surface area contributed by atoms with Gasteiger partial charge in [0.2, 0.25) is 5.91 Å². The molecule has 0 unspecified atom stereocenters. The molecule has 8 nitrogen and oxygen atoms in total. The minimum Gasteiger partial charge on any atom is -0.506 e. The molecule has 3 aliphatic rings. The van der Waals surface area contributed by atoms with E-state index < -0.39 is 34.4 Å². The van der Waals surface area contributed by atoms with Crippen molar-refractivity contribution < 1.29 is 34.4 Å². The van der Waals surface area contributed by atoms with Crippen molar-refractivity contribution in [2.45, 2.75) is 51.7 Å². The molecule has 0 aromatic heterocycles. The number of aromatic carboxylic acids is 1. The number of amides is 1. The lowest BCUT2D eigenvalue weighted by Gasteiger charge is -2.45. The predicted molar refractivity (Wildman–Crippen MR) is 106 cm³/mol. The van der Waals surface area contributed by atoms with E-state index in [1.54, 1.807) is 6.08 Å². The number of epoxide rings is 1. The Hall–Kier alpha value is -2.87. The molecule has 2 aliphatic carbocycles. The van der Waals surface area contributed by atoms with Gasteiger partial charge in [0.15, 0.2) is 11.5 Å².